The van der Waals surface area contributed by atoms with Crippen LogP contribution in [0.3, 0.4) is 0 Å². The van der Waals surface area contributed by atoms with Crippen molar-refractivity contribution in [2.75, 3.05) is 13.7 Å². The fraction of sp³-hybridized carbons (Fsp3) is 1.00. The molecule has 0 aromatic heterocycles. The Balaban J connectivity index is 2.63. The minimum atomic E-state index is -1.31. The number of hydrogen-bond donors (Lipinski definition) is 4. The molecule has 5 atom stereocenters. The van der Waals surface area contributed by atoms with Crippen LogP contribution in [0.25, 0.3) is 0 Å². The van der Waals surface area contributed by atoms with Gasteiger partial charge in [0.1, 0.15) is 18.3 Å². The monoisotopic (exact) mass is 208 g/mol. The van der Waals surface area contributed by atoms with Crippen molar-refractivity contribution in [2.24, 2.45) is 0 Å². The van der Waals surface area contributed by atoms with E-state index in [4.69, 9.17) is 14.6 Å². The molecule has 84 valence electrons. The maximum absolute atomic E-state index is 9.45. The highest BCUT2D eigenvalue weighted by atomic mass is 16.7. The van der Waals surface area contributed by atoms with Crippen LogP contribution in [0.15, 0.2) is 0 Å². The minimum Gasteiger partial charge on any atom is -0.396 e. The quantitative estimate of drug-likeness (QED) is 0.421. The smallest absolute Gasteiger partial charge is 0.186 e. The van der Waals surface area contributed by atoms with Gasteiger partial charge in [0.25, 0.3) is 0 Å². The van der Waals surface area contributed by atoms with Crippen LogP contribution in [0.2, 0.25) is 0 Å². The molecule has 0 aromatic rings. The molecular weight excluding hydrogens is 192 g/mol. The van der Waals surface area contributed by atoms with E-state index in [9.17, 15) is 15.3 Å². The third kappa shape index (κ3) is 2.22. The lowest BCUT2D eigenvalue weighted by Crippen LogP contribution is -2.58. The van der Waals surface area contributed by atoms with Crippen molar-refractivity contribution < 1.29 is 29.9 Å². The molecule has 0 bridgehead atoms. The number of rotatable bonds is 3. The Kier molecular flexibility index (Phi) is 4.24. The summed E-state index contributed by atoms with van der Waals surface area (Å²) in [6, 6.07) is 0. The van der Waals surface area contributed by atoms with Gasteiger partial charge in [-0.3, -0.25) is 0 Å². The molecule has 1 heterocycles. The third-order valence-electron chi connectivity index (χ3n) is 2.31. The zero-order valence-corrected chi connectivity index (χ0v) is 7.91. The zero-order valence-electron chi connectivity index (χ0n) is 7.91. The summed E-state index contributed by atoms with van der Waals surface area (Å²) in [5.74, 6) is 0. The Morgan fingerprint density at radius 1 is 1.14 bits per heavy atom. The molecule has 0 radical (unpaired) electrons. The fourth-order valence-electron chi connectivity index (χ4n) is 1.48. The second kappa shape index (κ2) is 5.01. The highest BCUT2D eigenvalue weighted by Crippen LogP contribution is 2.23. The number of methoxy groups -OCH3 is 1. The van der Waals surface area contributed by atoms with Crippen LogP contribution < -0.4 is 0 Å². The summed E-state index contributed by atoms with van der Waals surface area (Å²) >= 11 is 0. The predicted molar refractivity (Wildman–Crippen MR) is 45.4 cm³/mol. The van der Waals surface area contributed by atoms with Crippen molar-refractivity contribution in [2.45, 2.75) is 37.1 Å². The topological polar surface area (TPSA) is 99.4 Å². The van der Waals surface area contributed by atoms with Gasteiger partial charge in [-0.1, -0.05) is 0 Å². The van der Waals surface area contributed by atoms with E-state index in [-0.39, 0.29) is 13.0 Å². The summed E-state index contributed by atoms with van der Waals surface area (Å²) in [5, 5.41) is 36.9. The van der Waals surface area contributed by atoms with E-state index >= 15 is 0 Å². The van der Waals surface area contributed by atoms with Crippen LogP contribution in [0.5, 0.6) is 0 Å². The van der Waals surface area contributed by atoms with Crippen LogP contribution in [-0.4, -0.2) is 64.8 Å². The largest absolute Gasteiger partial charge is 0.396 e. The van der Waals surface area contributed by atoms with Gasteiger partial charge in [0.2, 0.25) is 0 Å². The summed E-state index contributed by atoms with van der Waals surface area (Å²) in [6.07, 6.45) is -5.29. The van der Waals surface area contributed by atoms with Gasteiger partial charge in [-0.05, 0) is 6.42 Å². The van der Waals surface area contributed by atoms with E-state index in [1.165, 1.54) is 7.11 Å². The van der Waals surface area contributed by atoms with Gasteiger partial charge in [-0.15, -0.1) is 0 Å². The van der Waals surface area contributed by atoms with E-state index in [1.807, 2.05) is 0 Å². The van der Waals surface area contributed by atoms with Gasteiger partial charge in [0.15, 0.2) is 6.29 Å². The molecule has 1 fully saturated rings. The first-order chi connectivity index (χ1) is 6.61. The molecule has 1 aliphatic heterocycles. The molecule has 14 heavy (non-hydrogen) atoms. The maximum Gasteiger partial charge on any atom is 0.186 e. The van der Waals surface area contributed by atoms with Crippen molar-refractivity contribution in [1.82, 2.24) is 0 Å². The SMILES string of the molecule is CO[C@@H]1O[C@H](CCO)[C@@H](O)[C@H](O)[C@H]1O. The van der Waals surface area contributed by atoms with Gasteiger partial charge in [-0.25, -0.2) is 0 Å². The van der Waals surface area contributed by atoms with Crippen LogP contribution >= 0.6 is 0 Å². The van der Waals surface area contributed by atoms with Crippen molar-refractivity contribution in [3.05, 3.63) is 0 Å². The standard InChI is InChI=1S/C8H16O6/c1-13-8-7(12)6(11)5(10)4(14-8)2-3-9/h4-12H,2-3H2,1H3/t4-,5-,6+,7-,8-/m1/s1. The minimum absolute atomic E-state index is 0.166. The average molecular weight is 208 g/mol. The van der Waals surface area contributed by atoms with Crippen molar-refractivity contribution >= 4 is 0 Å². The summed E-state index contributed by atoms with van der Waals surface area (Å²) in [7, 11) is 1.33. The molecule has 0 saturated carbocycles. The summed E-state index contributed by atoms with van der Waals surface area (Å²) in [5.41, 5.74) is 0. The number of hydrogen-bond acceptors (Lipinski definition) is 6. The first kappa shape index (κ1) is 11.8. The lowest BCUT2D eigenvalue weighted by Gasteiger charge is -2.39. The van der Waals surface area contributed by atoms with E-state index in [0.717, 1.165) is 0 Å². The maximum atomic E-state index is 9.45. The summed E-state index contributed by atoms with van der Waals surface area (Å²) in [4.78, 5) is 0. The first-order valence-electron chi connectivity index (χ1n) is 4.45. The second-order valence-corrected chi connectivity index (χ2v) is 3.26. The number of aliphatic hydroxyl groups is 4. The summed E-state index contributed by atoms with van der Waals surface area (Å²) < 4.78 is 9.90. The van der Waals surface area contributed by atoms with E-state index in [1.54, 1.807) is 0 Å². The Labute approximate surface area is 81.7 Å². The average Bonchev–Trinajstić information content (AvgIpc) is 2.19. The molecular formula is C8H16O6. The van der Waals surface area contributed by atoms with Gasteiger partial charge in [0, 0.05) is 13.7 Å². The normalized spacial score (nSPS) is 43.9. The van der Waals surface area contributed by atoms with E-state index in [2.05, 4.69) is 0 Å². The van der Waals surface area contributed by atoms with Gasteiger partial charge in [0.05, 0.1) is 6.10 Å². The Morgan fingerprint density at radius 2 is 1.79 bits per heavy atom. The van der Waals surface area contributed by atoms with Crippen LogP contribution in [0, 0.1) is 0 Å². The van der Waals surface area contributed by atoms with Gasteiger partial charge < -0.3 is 29.9 Å². The highest BCUT2D eigenvalue weighted by Gasteiger charge is 2.43. The molecule has 1 rings (SSSR count). The van der Waals surface area contributed by atoms with Gasteiger partial charge in [-0.2, -0.15) is 0 Å². The van der Waals surface area contributed by atoms with Crippen LogP contribution in [-0.2, 0) is 9.47 Å². The molecule has 6 nitrogen and oxygen atoms in total. The Bertz CT molecular complexity index is 171. The van der Waals surface area contributed by atoms with Crippen LogP contribution in [0.4, 0.5) is 0 Å². The Hall–Kier alpha value is -0.240. The van der Waals surface area contributed by atoms with Crippen molar-refractivity contribution in [1.29, 1.82) is 0 Å². The van der Waals surface area contributed by atoms with E-state index < -0.39 is 30.7 Å². The molecule has 0 unspecified atom stereocenters. The Morgan fingerprint density at radius 3 is 2.29 bits per heavy atom. The molecule has 0 amide bonds. The molecule has 6 heteroatoms. The molecule has 1 saturated heterocycles. The number of aliphatic hydroxyl groups excluding tert-OH is 4. The first-order valence-corrected chi connectivity index (χ1v) is 4.45. The van der Waals surface area contributed by atoms with Crippen molar-refractivity contribution in [3.63, 3.8) is 0 Å². The third-order valence-corrected chi connectivity index (χ3v) is 2.31. The molecule has 4 N–H and O–H groups in total. The molecule has 0 aliphatic carbocycles. The van der Waals surface area contributed by atoms with Crippen molar-refractivity contribution in [3.8, 4) is 0 Å². The van der Waals surface area contributed by atoms with Gasteiger partial charge >= 0.3 is 0 Å². The highest BCUT2D eigenvalue weighted by molar-refractivity contribution is 4.88. The molecule has 1 aliphatic rings. The zero-order chi connectivity index (χ0) is 10.7. The summed E-state index contributed by atoms with van der Waals surface area (Å²) in [6.45, 7) is -0.166. The molecule has 0 aromatic carbocycles. The second-order valence-electron chi connectivity index (χ2n) is 3.26. The lowest BCUT2D eigenvalue weighted by molar-refractivity contribution is -0.291. The molecule has 0 spiro atoms. The van der Waals surface area contributed by atoms with Crippen LogP contribution in [0.1, 0.15) is 6.42 Å². The fourth-order valence-corrected chi connectivity index (χ4v) is 1.48. The van der Waals surface area contributed by atoms with E-state index in [0.29, 0.717) is 0 Å². The lowest BCUT2D eigenvalue weighted by atomic mass is 9.97. The predicted octanol–water partition coefficient (Wildman–Crippen LogP) is -2.18. The number of ether oxygens (including phenoxy) is 2.